The van der Waals surface area contributed by atoms with Crippen molar-refractivity contribution in [3.63, 3.8) is 0 Å². The number of ether oxygens (including phenoxy) is 1. The molecule has 0 amide bonds. The molecule has 0 unspecified atom stereocenters. The molecule has 1 aromatic rings. The summed E-state index contributed by atoms with van der Waals surface area (Å²) in [4.78, 5) is 11.2. The van der Waals surface area contributed by atoms with E-state index in [0.717, 1.165) is 12.0 Å². The minimum absolute atomic E-state index is 0.0479. The van der Waals surface area contributed by atoms with E-state index < -0.39 is 0 Å². The van der Waals surface area contributed by atoms with Gasteiger partial charge in [-0.2, -0.15) is 0 Å². The summed E-state index contributed by atoms with van der Waals surface area (Å²) in [5.41, 5.74) is 2.04. The Morgan fingerprint density at radius 3 is 2.67 bits per heavy atom. The Balaban J connectivity index is 2.08. The maximum atomic E-state index is 11.2. The average Bonchev–Trinajstić information content (AvgIpc) is 3.08. The van der Waals surface area contributed by atoms with E-state index in [4.69, 9.17) is 11.2 Å². The lowest BCUT2D eigenvalue weighted by molar-refractivity contribution is -0.142. The van der Waals surface area contributed by atoms with E-state index in [0.29, 0.717) is 5.92 Å². The average molecular weight is 200 g/mol. The second-order valence-corrected chi connectivity index (χ2v) is 3.74. The number of carbonyl (C=O) groups excluding carboxylic acids is 1. The first kappa shape index (κ1) is 9.79. The van der Waals surface area contributed by atoms with Crippen molar-refractivity contribution < 1.29 is 9.53 Å². The number of terminal acetylenes is 1. The fraction of sp³-hybridized carbons (Fsp3) is 0.308. The van der Waals surface area contributed by atoms with Crippen LogP contribution in [0.2, 0.25) is 0 Å². The molecular weight excluding hydrogens is 188 g/mol. The molecule has 2 nitrogen and oxygen atoms in total. The fourth-order valence-electron chi connectivity index (χ4n) is 1.80. The number of esters is 1. The predicted octanol–water partition coefficient (Wildman–Crippen LogP) is 1.94. The van der Waals surface area contributed by atoms with E-state index in [-0.39, 0.29) is 11.9 Å². The molecule has 0 radical (unpaired) electrons. The van der Waals surface area contributed by atoms with Crippen LogP contribution in [0.25, 0.3) is 0 Å². The van der Waals surface area contributed by atoms with Crippen LogP contribution >= 0.6 is 0 Å². The van der Waals surface area contributed by atoms with Gasteiger partial charge in [-0.05, 0) is 30.0 Å². The summed E-state index contributed by atoms with van der Waals surface area (Å²) in [5.74, 6) is 2.83. The number of hydrogen-bond donors (Lipinski definition) is 0. The maximum absolute atomic E-state index is 11.2. The van der Waals surface area contributed by atoms with Crippen LogP contribution in [0.3, 0.4) is 0 Å². The molecule has 0 bridgehead atoms. The zero-order valence-electron chi connectivity index (χ0n) is 8.57. The summed E-state index contributed by atoms with van der Waals surface area (Å²) >= 11 is 0. The summed E-state index contributed by atoms with van der Waals surface area (Å²) in [6.45, 7) is 0. The zero-order valence-corrected chi connectivity index (χ0v) is 8.57. The molecule has 1 fully saturated rings. The minimum Gasteiger partial charge on any atom is -0.469 e. The van der Waals surface area contributed by atoms with Gasteiger partial charge in [0.25, 0.3) is 0 Å². The predicted molar refractivity (Wildman–Crippen MR) is 57.2 cm³/mol. The van der Waals surface area contributed by atoms with Crippen molar-refractivity contribution >= 4 is 5.97 Å². The molecule has 1 saturated carbocycles. The summed E-state index contributed by atoms with van der Waals surface area (Å²) < 4.78 is 4.70. The molecule has 1 aromatic carbocycles. The highest BCUT2D eigenvalue weighted by atomic mass is 16.5. The van der Waals surface area contributed by atoms with Gasteiger partial charge in [-0.3, -0.25) is 4.79 Å². The van der Waals surface area contributed by atoms with Crippen LogP contribution in [0.4, 0.5) is 0 Å². The lowest BCUT2D eigenvalue weighted by Crippen LogP contribution is -2.03. The SMILES string of the molecule is C#Cc1ccc([C@@H]2C[C@H]2C(=O)OC)cc1. The van der Waals surface area contributed by atoms with Crippen molar-refractivity contribution in [2.75, 3.05) is 7.11 Å². The molecule has 2 atom stereocenters. The van der Waals surface area contributed by atoms with Crippen molar-refractivity contribution in [2.45, 2.75) is 12.3 Å². The van der Waals surface area contributed by atoms with Gasteiger partial charge in [0.15, 0.2) is 0 Å². The van der Waals surface area contributed by atoms with Gasteiger partial charge in [0.2, 0.25) is 0 Å². The molecule has 1 aliphatic rings. The Morgan fingerprint density at radius 2 is 2.13 bits per heavy atom. The van der Waals surface area contributed by atoms with Gasteiger partial charge in [-0.15, -0.1) is 6.42 Å². The molecule has 0 aliphatic heterocycles. The van der Waals surface area contributed by atoms with Crippen molar-refractivity contribution in [3.8, 4) is 12.3 Å². The van der Waals surface area contributed by atoms with Gasteiger partial charge in [0, 0.05) is 5.56 Å². The second kappa shape index (κ2) is 3.78. The highest BCUT2D eigenvalue weighted by Crippen LogP contribution is 2.47. The van der Waals surface area contributed by atoms with Gasteiger partial charge >= 0.3 is 5.97 Å². The third-order valence-corrected chi connectivity index (χ3v) is 2.80. The number of rotatable bonds is 2. The molecule has 0 heterocycles. The molecule has 0 saturated heterocycles. The Kier molecular flexibility index (Phi) is 2.47. The monoisotopic (exact) mass is 200 g/mol. The van der Waals surface area contributed by atoms with Gasteiger partial charge in [0.1, 0.15) is 0 Å². The van der Waals surface area contributed by atoms with Crippen LogP contribution < -0.4 is 0 Å². The minimum atomic E-state index is -0.110. The van der Waals surface area contributed by atoms with Crippen LogP contribution in [0.1, 0.15) is 23.5 Å². The quantitative estimate of drug-likeness (QED) is 0.538. The van der Waals surface area contributed by atoms with Crippen LogP contribution in [0.5, 0.6) is 0 Å². The smallest absolute Gasteiger partial charge is 0.309 e. The first-order chi connectivity index (χ1) is 7.26. The third-order valence-electron chi connectivity index (χ3n) is 2.80. The lowest BCUT2D eigenvalue weighted by atomic mass is 10.1. The summed E-state index contributed by atoms with van der Waals surface area (Å²) in [7, 11) is 1.43. The van der Waals surface area contributed by atoms with Crippen LogP contribution in [-0.2, 0) is 9.53 Å². The topological polar surface area (TPSA) is 26.3 Å². The highest BCUT2D eigenvalue weighted by molar-refractivity contribution is 5.77. The summed E-state index contributed by atoms with van der Waals surface area (Å²) in [6.07, 6.45) is 6.16. The summed E-state index contributed by atoms with van der Waals surface area (Å²) in [5, 5.41) is 0. The molecular formula is C13H12O2. The van der Waals surface area contributed by atoms with E-state index in [2.05, 4.69) is 5.92 Å². The van der Waals surface area contributed by atoms with Crippen molar-refractivity contribution in [1.82, 2.24) is 0 Å². The third kappa shape index (κ3) is 1.87. The Morgan fingerprint density at radius 1 is 1.47 bits per heavy atom. The van der Waals surface area contributed by atoms with Crippen molar-refractivity contribution in [2.24, 2.45) is 5.92 Å². The molecule has 2 rings (SSSR count). The largest absolute Gasteiger partial charge is 0.469 e. The molecule has 1 aliphatic carbocycles. The zero-order chi connectivity index (χ0) is 10.8. The van der Waals surface area contributed by atoms with E-state index in [1.807, 2.05) is 24.3 Å². The van der Waals surface area contributed by atoms with E-state index in [1.54, 1.807) is 0 Å². The number of methoxy groups -OCH3 is 1. The van der Waals surface area contributed by atoms with Gasteiger partial charge in [-0.1, -0.05) is 18.1 Å². The van der Waals surface area contributed by atoms with E-state index in [9.17, 15) is 4.79 Å². The van der Waals surface area contributed by atoms with Crippen molar-refractivity contribution in [3.05, 3.63) is 35.4 Å². The normalized spacial score (nSPS) is 22.9. The number of benzene rings is 1. The Labute approximate surface area is 89.3 Å². The fourth-order valence-corrected chi connectivity index (χ4v) is 1.80. The molecule has 76 valence electrons. The van der Waals surface area contributed by atoms with Crippen LogP contribution in [0.15, 0.2) is 24.3 Å². The molecule has 0 aromatic heterocycles. The first-order valence-electron chi connectivity index (χ1n) is 4.90. The summed E-state index contributed by atoms with van der Waals surface area (Å²) in [6, 6.07) is 7.79. The van der Waals surface area contributed by atoms with Gasteiger partial charge in [0.05, 0.1) is 13.0 Å². The van der Waals surface area contributed by atoms with E-state index >= 15 is 0 Å². The Hall–Kier alpha value is -1.75. The maximum Gasteiger partial charge on any atom is 0.309 e. The van der Waals surface area contributed by atoms with Gasteiger partial charge in [-0.25, -0.2) is 0 Å². The van der Waals surface area contributed by atoms with Gasteiger partial charge < -0.3 is 4.74 Å². The van der Waals surface area contributed by atoms with Crippen LogP contribution in [-0.4, -0.2) is 13.1 Å². The number of carbonyl (C=O) groups is 1. The second-order valence-electron chi connectivity index (χ2n) is 3.74. The Bertz CT molecular complexity index is 411. The van der Waals surface area contributed by atoms with Crippen LogP contribution in [0, 0.1) is 18.3 Å². The first-order valence-corrected chi connectivity index (χ1v) is 4.90. The molecule has 0 spiro atoms. The molecule has 0 N–H and O–H groups in total. The van der Waals surface area contributed by atoms with Crippen molar-refractivity contribution in [1.29, 1.82) is 0 Å². The number of hydrogen-bond acceptors (Lipinski definition) is 2. The lowest BCUT2D eigenvalue weighted by Gasteiger charge is -1.99. The molecule has 15 heavy (non-hydrogen) atoms. The van der Waals surface area contributed by atoms with E-state index in [1.165, 1.54) is 12.7 Å². The standard InChI is InChI=1S/C13H12O2/c1-3-9-4-6-10(7-5-9)11-8-12(11)13(14)15-2/h1,4-7,11-12H,8H2,2H3/t11-,12+/m0/s1. The molecule has 2 heteroatoms. The highest BCUT2D eigenvalue weighted by Gasteiger charge is 2.44.